The first kappa shape index (κ1) is 26.0. The Kier molecular flexibility index (Phi) is 13.3. The summed E-state index contributed by atoms with van der Waals surface area (Å²) in [7, 11) is 1.70. The molecule has 1 aliphatic rings. The Balaban J connectivity index is 0.00000420. The van der Waals surface area contributed by atoms with Crippen molar-refractivity contribution in [2.75, 3.05) is 46.4 Å². The Hall–Kier alpha value is -1.06. The number of ether oxygens (including phenoxy) is 1. The van der Waals surface area contributed by atoms with Crippen LogP contribution in [0.2, 0.25) is 0 Å². The average Bonchev–Trinajstić information content (AvgIpc) is 2.72. The zero-order valence-corrected chi connectivity index (χ0v) is 20.5. The monoisotopic (exact) mass is 518 g/mol. The molecule has 0 amide bonds. The number of methoxy groups -OCH3 is 1. The molecule has 0 aliphatic carbocycles. The standard InChI is InChI=1S/C22H38N4O2.HI/c1-4-23-22(24-13-5-15-26-16-11-20(27)12-17-26)25-14-10-18(2)19-6-8-21(28-3)9-7-19;/h6-9,18,20,27H,4-5,10-17H2,1-3H3,(H2,23,24,25);1H. The maximum Gasteiger partial charge on any atom is 0.191 e. The zero-order valence-electron chi connectivity index (χ0n) is 18.2. The highest BCUT2D eigenvalue weighted by atomic mass is 127. The third-order valence-corrected chi connectivity index (χ3v) is 5.36. The molecule has 0 aromatic heterocycles. The lowest BCUT2D eigenvalue weighted by molar-refractivity contribution is 0.0824. The molecule has 6 nitrogen and oxygen atoms in total. The number of piperidine rings is 1. The van der Waals surface area contributed by atoms with E-state index in [-0.39, 0.29) is 30.1 Å². The topological polar surface area (TPSA) is 69.1 Å². The fourth-order valence-electron chi connectivity index (χ4n) is 3.48. The maximum atomic E-state index is 9.58. The number of benzene rings is 1. The van der Waals surface area contributed by atoms with E-state index in [1.807, 2.05) is 12.1 Å². The zero-order chi connectivity index (χ0) is 20.2. The summed E-state index contributed by atoms with van der Waals surface area (Å²) < 4.78 is 5.23. The van der Waals surface area contributed by atoms with Gasteiger partial charge in [-0.3, -0.25) is 4.99 Å². The van der Waals surface area contributed by atoms with Crippen LogP contribution in [0.1, 0.15) is 51.0 Å². The highest BCUT2D eigenvalue weighted by Gasteiger charge is 2.15. The second kappa shape index (κ2) is 14.8. The van der Waals surface area contributed by atoms with Gasteiger partial charge in [-0.2, -0.15) is 0 Å². The van der Waals surface area contributed by atoms with Crippen molar-refractivity contribution in [3.05, 3.63) is 29.8 Å². The van der Waals surface area contributed by atoms with E-state index in [1.165, 1.54) is 5.56 Å². The molecule has 1 aromatic rings. The Morgan fingerprint density at radius 1 is 1.24 bits per heavy atom. The molecule has 0 radical (unpaired) electrons. The van der Waals surface area contributed by atoms with Crippen molar-refractivity contribution in [1.29, 1.82) is 0 Å². The Morgan fingerprint density at radius 3 is 2.55 bits per heavy atom. The molecule has 7 heteroatoms. The summed E-state index contributed by atoms with van der Waals surface area (Å²) in [6.45, 7) is 10.00. The lowest BCUT2D eigenvalue weighted by Gasteiger charge is -2.29. The number of hydrogen-bond donors (Lipinski definition) is 3. The lowest BCUT2D eigenvalue weighted by atomic mass is 9.98. The largest absolute Gasteiger partial charge is 0.497 e. The van der Waals surface area contributed by atoms with E-state index >= 15 is 0 Å². The van der Waals surface area contributed by atoms with E-state index in [2.05, 4.69) is 41.5 Å². The number of aliphatic imine (C=N–C) groups is 1. The first-order chi connectivity index (χ1) is 13.6. The van der Waals surface area contributed by atoms with Gasteiger partial charge < -0.3 is 25.4 Å². The molecule has 1 atom stereocenters. The minimum Gasteiger partial charge on any atom is -0.497 e. The van der Waals surface area contributed by atoms with Crippen molar-refractivity contribution in [2.45, 2.75) is 51.6 Å². The van der Waals surface area contributed by atoms with Crippen LogP contribution >= 0.6 is 24.0 Å². The quantitative estimate of drug-likeness (QED) is 0.192. The van der Waals surface area contributed by atoms with Crippen molar-refractivity contribution < 1.29 is 9.84 Å². The van der Waals surface area contributed by atoms with Crippen LogP contribution in [-0.4, -0.2) is 68.4 Å². The van der Waals surface area contributed by atoms with Crippen molar-refractivity contribution in [3.63, 3.8) is 0 Å². The fraction of sp³-hybridized carbons (Fsp3) is 0.682. The van der Waals surface area contributed by atoms with E-state index in [0.29, 0.717) is 5.92 Å². The van der Waals surface area contributed by atoms with Crippen LogP contribution in [-0.2, 0) is 0 Å². The third-order valence-electron chi connectivity index (χ3n) is 5.36. The predicted molar refractivity (Wildman–Crippen MR) is 132 cm³/mol. The van der Waals surface area contributed by atoms with E-state index < -0.39 is 0 Å². The van der Waals surface area contributed by atoms with Crippen LogP contribution < -0.4 is 15.4 Å². The van der Waals surface area contributed by atoms with Gasteiger partial charge in [0.1, 0.15) is 5.75 Å². The molecule has 1 heterocycles. The molecule has 166 valence electrons. The number of rotatable bonds is 10. The minimum atomic E-state index is -0.0980. The van der Waals surface area contributed by atoms with Gasteiger partial charge in [-0.25, -0.2) is 0 Å². The lowest BCUT2D eigenvalue weighted by Crippen LogP contribution is -2.38. The van der Waals surface area contributed by atoms with Crippen molar-refractivity contribution in [3.8, 4) is 5.75 Å². The maximum absolute atomic E-state index is 9.58. The second-order valence-electron chi connectivity index (χ2n) is 7.58. The van der Waals surface area contributed by atoms with Crippen molar-refractivity contribution in [1.82, 2.24) is 15.5 Å². The first-order valence-corrected chi connectivity index (χ1v) is 10.7. The molecule has 0 spiro atoms. The number of nitrogens with zero attached hydrogens (tertiary/aromatic N) is 2. The van der Waals surface area contributed by atoms with Crippen LogP contribution in [0.25, 0.3) is 0 Å². The average molecular weight is 518 g/mol. The molecule has 1 aliphatic heterocycles. The summed E-state index contributed by atoms with van der Waals surface area (Å²) in [4.78, 5) is 7.14. The minimum absolute atomic E-state index is 0. The van der Waals surface area contributed by atoms with Gasteiger partial charge >= 0.3 is 0 Å². The van der Waals surface area contributed by atoms with E-state index in [0.717, 1.165) is 76.7 Å². The number of guanidine groups is 1. The number of aliphatic hydroxyl groups excluding tert-OH is 1. The summed E-state index contributed by atoms with van der Waals surface area (Å²) in [5.41, 5.74) is 1.33. The fourth-order valence-corrected chi connectivity index (χ4v) is 3.48. The van der Waals surface area contributed by atoms with E-state index in [1.54, 1.807) is 7.11 Å². The van der Waals surface area contributed by atoms with Crippen molar-refractivity contribution >= 4 is 29.9 Å². The van der Waals surface area contributed by atoms with Gasteiger partial charge in [0.05, 0.1) is 13.2 Å². The van der Waals surface area contributed by atoms with Crippen LogP contribution in [0.5, 0.6) is 5.75 Å². The van der Waals surface area contributed by atoms with Gasteiger partial charge in [-0.05, 0) is 62.8 Å². The Morgan fingerprint density at radius 2 is 1.93 bits per heavy atom. The van der Waals surface area contributed by atoms with Gasteiger partial charge in [-0.15, -0.1) is 24.0 Å². The number of halogens is 1. The molecule has 1 fully saturated rings. The molecule has 1 saturated heterocycles. The van der Waals surface area contributed by atoms with Crippen molar-refractivity contribution in [2.24, 2.45) is 4.99 Å². The number of hydrogen-bond acceptors (Lipinski definition) is 4. The van der Waals surface area contributed by atoms with Gasteiger partial charge in [0.2, 0.25) is 0 Å². The normalized spacial score (nSPS) is 16.8. The van der Waals surface area contributed by atoms with E-state index in [4.69, 9.17) is 9.73 Å². The van der Waals surface area contributed by atoms with Crippen LogP contribution in [0.4, 0.5) is 0 Å². The van der Waals surface area contributed by atoms with Gasteiger partial charge in [-0.1, -0.05) is 19.1 Å². The van der Waals surface area contributed by atoms with Gasteiger partial charge in [0.15, 0.2) is 5.96 Å². The third kappa shape index (κ3) is 10.00. The SMILES string of the molecule is CCNC(=NCCCN1CCC(O)CC1)NCCC(C)c1ccc(OC)cc1.I. The molecular weight excluding hydrogens is 479 g/mol. The van der Waals surface area contributed by atoms with E-state index in [9.17, 15) is 5.11 Å². The molecule has 2 rings (SSSR count). The molecular formula is C22H39IN4O2. The highest BCUT2D eigenvalue weighted by molar-refractivity contribution is 14.0. The molecule has 3 N–H and O–H groups in total. The highest BCUT2D eigenvalue weighted by Crippen LogP contribution is 2.21. The molecule has 1 unspecified atom stereocenters. The number of aliphatic hydroxyl groups is 1. The first-order valence-electron chi connectivity index (χ1n) is 10.7. The summed E-state index contributed by atoms with van der Waals surface area (Å²) in [6.07, 6.45) is 3.81. The van der Waals surface area contributed by atoms with Gasteiger partial charge in [0, 0.05) is 32.7 Å². The predicted octanol–water partition coefficient (Wildman–Crippen LogP) is 3.21. The molecule has 0 bridgehead atoms. The molecule has 0 saturated carbocycles. The number of nitrogens with one attached hydrogen (secondary N) is 2. The smallest absolute Gasteiger partial charge is 0.191 e. The number of likely N-dealkylation sites (tertiary alicyclic amines) is 1. The Bertz CT molecular complexity index is 575. The van der Waals surface area contributed by atoms with Gasteiger partial charge in [0.25, 0.3) is 0 Å². The summed E-state index contributed by atoms with van der Waals surface area (Å²) in [6, 6.07) is 8.33. The summed E-state index contributed by atoms with van der Waals surface area (Å²) >= 11 is 0. The summed E-state index contributed by atoms with van der Waals surface area (Å²) in [5, 5.41) is 16.4. The van der Waals surface area contributed by atoms with Crippen LogP contribution in [0, 0.1) is 0 Å². The van der Waals surface area contributed by atoms with Crippen LogP contribution in [0.3, 0.4) is 0 Å². The molecule has 29 heavy (non-hydrogen) atoms. The summed E-state index contributed by atoms with van der Waals surface area (Å²) in [5.74, 6) is 2.28. The molecule has 1 aromatic carbocycles. The Labute approximate surface area is 193 Å². The van der Waals surface area contributed by atoms with Crippen LogP contribution in [0.15, 0.2) is 29.3 Å². The second-order valence-corrected chi connectivity index (χ2v) is 7.58.